The van der Waals surface area contributed by atoms with Crippen LogP contribution in [0.15, 0.2) is 23.6 Å². The van der Waals surface area contributed by atoms with Gasteiger partial charge in [-0.15, -0.1) is 11.3 Å². The standard InChI is InChI=1S/C11H10FN3OS/c1-6-5-17-11(14-6)15-10(16)8-4-7(12)2-3-9(8)13/h2-5H,13H2,1H3,(H,14,15,16). The Balaban J connectivity index is 2.22. The van der Waals surface area contributed by atoms with Crippen molar-refractivity contribution in [1.29, 1.82) is 0 Å². The Kier molecular flexibility index (Phi) is 3.06. The number of carbonyl (C=O) groups is 1. The summed E-state index contributed by atoms with van der Waals surface area (Å²) in [6.07, 6.45) is 0. The summed E-state index contributed by atoms with van der Waals surface area (Å²) in [4.78, 5) is 15.9. The third-order valence-electron chi connectivity index (χ3n) is 2.10. The Morgan fingerprint density at radius 2 is 2.29 bits per heavy atom. The first-order valence-corrected chi connectivity index (χ1v) is 5.73. The van der Waals surface area contributed by atoms with Gasteiger partial charge in [-0.05, 0) is 25.1 Å². The van der Waals surface area contributed by atoms with Crippen LogP contribution in [0.25, 0.3) is 0 Å². The number of thiazole rings is 1. The number of nitrogens with two attached hydrogens (primary N) is 1. The molecule has 1 amide bonds. The number of halogens is 1. The van der Waals surface area contributed by atoms with E-state index in [1.54, 1.807) is 0 Å². The van der Waals surface area contributed by atoms with Crippen LogP contribution in [-0.4, -0.2) is 10.9 Å². The fourth-order valence-corrected chi connectivity index (χ4v) is 1.98. The fourth-order valence-electron chi connectivity index (χ4n) is 1.30. The zero-order chi connectivity index (χ0) is 12.4. The number of carbonyl (C=O) groups excluding carboxylic acids is 1. The number of aromatic nitrogens is 1. The van der Waals surface area contributed by atoms with Crippen molar-refractivity contribution in [3.63, 3.8) is 0 Å². The number of nitrogens with one attached hydrogen (secondary N) is 1. The number of aryl methyl sites for hydroxylation is 1. The van der Waals surface area contributed by atoms with Gasteiger partial charge in [0, 0.05) is 11.1 Å². The highest BCUT2D eigenvalue weighted by Crippen LogP contribution is 2.18. The van der Waals surface area contributed by atoms with Crippen LogP contribution < -0.4 is 11.1 Å². The van der Waals surface area contributed by atoms with Crippen LogP contribution in [0.2, 0.25) is 0 Å². The Hall–Kier alpha value is -1.95. The van der Waals surface area contributed by atoms with Crippen LogP contribution in [0.4, 0.5) is 15.2 Å². The molecule has 0 fully saturated rings. The number of hydrogen-bond donors (Lipinski definition) is 2. The van der Waals surface area contributed by atoms with Crippen molar-refractivity contribution in [2.24, 2.45) is 0 Å². The molecule has 17 heavy (non-hydrogen) atoms. The van der Waals surface area contributed by atoms with Crippen molar-refractivity contribution in [2.45, 2.75) is 6.92 Å². The molecular formula is C11H10FN3OS. The third-order valence-corrected chi connectivity index (χ3v) is 2.98. The first-order valence-electron chi connectivity index (χ1n) is 4.85. The smallest absolute Gasteiger partial charge is 0.259 e. The van der Waals surface area contributed by atoms with Crippen molar-refractivity contribution in [1.82, 2.24) is 4.98 Å². The molecule has 6 heteroatoms. The van der Waals surface area contributed by atoms with Crippen LogP contribution in [0.5, 0.6) is 0 Å². The van der Waals surface area contributed by atoms with Crippen molar-refractivity contribution in [3.8, 4) is 0 Å². The van der Waals surface area contributed by atoms with Gasteiger partial charge >= 0.3 is 0 Å². The molecule has 0 spiro atoms. The normalized spacial score (nSPS) is 10.2. The molecule has 0 bridgehead atoms. The van der Waals surface area contributed by atoms with E-state index < -0.39 is 11.7 Å². The van der Waals surface area contributed by atoms with Crippen molar-refractivity contribution >= 4 is 28.1 Å². The molecule has 1 aromatic heterocycles. The Morgan fingerprint density at radius 3 is 2.94 bits per heavy atom. The lowest BCUT2D eigenvalue weighted by molar-refractivity contribution is 0.102. The highest BCUT2D eigenvalue weighted by Gasteiger charge is 2.12. The van der Waals surface area contributed by atoms with Gasteiger partial charge in [-0.1, -0.05) is 0 Å². The monoisotopic (exact) mass is 251 g/mol. The summed E-state index contributed by atoms with van der Waals surface area (Å²) in [6.45, 7) is 1.82. The van der Waals surface area contributed by atoms with Crippen molar-refractivity contribution < 1.29 is 9.18 Å². The SMILES string of the molecule is Cc1csc(NC(=O)c2cc(F)ccc2N)n1. The Labute approximate surface area is 101 Å². The Bertz CT molecular complexity index is 568. The van der Waals surface area contributed by atoms with Gasteiger partial charge in [-0.25, -0.2) is 9.37 Å². The summed E-state index contributed by atoms with van der Waals surface area (Å²) in [6, 6.07) is 3.67. The molecule has 88 valence electrons. The molecule has 4 nitrogen and oxygen atoms in total. The van der Waals surface area contributed by atoms with E-state index in [1.807, 2.05) is 12.3 Å². The van der Waals surface area contributed by atoms with Crippen molar-refractivity contribution in [2.75, 3.05) is 11.1 Å². The molecule has 1 heterocycles. The number of nitrogen functional groups attached to an aromatic ring is 1. The van der Waals surface area contributed by atoms with E-state index in [9.17, 15) is 9.18 Å². The summed E-state index contributed by atoms with van der Waals surface area (Å²) >= 11 is 1.30. The molecule has 1 aromatic carbocycles. The molecule has 2 aromatic rings. The van der Waals surface area contributed by atoms with Gasteiger partial charge in [0.1, 0.15) is 5.82 Å². The first kappa shape index (κ1) is 11.5. The highest BCUT2D eigenvalue weighted by molar-refractivity contribution is 7.13. The Morgan fingerprint density at radius 1 is 1.53 bits per heavy atom. The molecular weight excluding hydrogens is 241 g/mol. The quantitative estimate of drug-likeness (QED) is 0.805. The zero-order valence-electron chi connectivity index (χ0n) is 9.03. The van der Waals surface area contributed by atoms with E-state index in [0.717, 1.165) is 11.8 Å². The van der Waals surface area contributed by atoms with Crippen LogP contribution in [-0.2, 0) is 0 Å². The second-order valence-electron chi connectivity index (χ2n) is 3.48. The largest absolute Gasteiger partial charge is 0.398 e. The van der Waals surface area contributed by atoms with Gasteiger partial charge in [0.25, 0.3) is 5.91 Å². The van der Waals surface area contributed by atoms with Crippen LogP contribution in [0, 0.1) is 12.7 Å². The van der Waals surface area contributed by atoms with Crippen LogP contribution in [0.1, 0.15) is 16.1 Å². The number of hydrogen-bond acceptors (Lipinski definition) is 4. The predicted molar refractivity (Wildman–Crippen MR) is 65.6 cm³/mol. The lowest BCUT2D eigenvalue weighted by atomic mass is 10.1. The van der Waals surface area contributed by atoms with Crippen LogP contribution in [0.3, 0.4) is 0 Å². The summed E-state index contributed by atoms with van der Waals surface area (Å²) in [5, 5.41) is 4.85. The van der Waals surface area contributed by atoms with E-state index in [2.05, 4.69) is 10.3 Å². The summed E-state index contributed by atoms with van der Waals surface area (Å²) < 4.78 is 13.0. The van der Waals surface area contributed by atoms with E-state index in [-0.39, 0.29) is 11.3 Å². The van der Waals surface area contributed by atoms with Crippen LogP contribution >= 0.6 is 11.3 Å². The van der Waals surface area contributed by atoms with Gasteiger partial charge in [0.05, 0.1) is 11.3 Å². The molecule has 3 N–H and O–H groups in total. The number of nitrogens with zero attached hydrogens (tertiary/aromatic N) is 1. The highest BCUT2D eigenvalue weighted by atomic mass is 32.1. The van der Waals surface area contributed by atoms with E-state index >= 15 is 0 Å². The molecule has 0 saturated carbocycles. The summed E-state index contributed by atoms with van der Waals surface area (Å²) in [7, 11) is 0. The van der Waals surface area contributed by atoms with Crippen molar-refractivity contribution in [3.05, 3.63) is 40.7 Å². The number of amides is 1. The molecule has 0 unspecified atom stereocenters. The van der Waals surface area contributed by atoms with Gasteiger partial charge in [-0.3, -0.25) is 10.1 Å². The minimum absolute atomic E-state index is 0.109. The molecule has 2 rings (SSSR count). The fraction of sp³-hybridized carbons (Fsp3) is 0.0909. The first-order chi connectivity index (χ1) is 8.06. The zero-order valence-corrected chi connectivity index (χ0v) is 9.84. The minimum Gasteiger partial charge on any atom is -0.398 e. The average Bonchev–Trinajstić information content (AvgIpc) is 2.67. The second kappa shape index (κ2) is 4.50. The third kappa shape index (κ3) is 2.59. The van der Waals surface area contributed by atoms with Gasteiger partial charge in [-0.2, -0.15) is 0 Å². The van der Waals surface area contributed by atoms with E-state index in [4.69, 9.17) is 5.73 Å². The lowest BCUT2D eigenvalue weighted by Gasteiger charge is -2.04. The molecule has 0 aliphatic carbocycles. The summed E-state index contributed by atoms with van der Waals surface area (Å²) in [5.74, 6) is -0.962. The van der Waals surface area contributed by atoms with Gasteiger partial charge in [0.2, 0.25) is 0 Å². The van der Waals surface area contributed by atoms with Gasteiger partial charge < -0.3 is 5.73 Å². The van der Waals surface area contributed by atoms with Gasteiger partial charge in [0.15, 0.2) is 5.13 Å². The number of benzene rings is 1. The molecule has 0 atom stereocenters. The minimum atomic E-state index is -0.500. The maximum Gasteiger partial charge on any atom is 0.259 e. The predicted octanol–water partition coefficient (Wildman–Crippen LogP) is 2.43. The number of rotatable bonds is 2. The topological polar surface area (TPSA) is 68.0 Å². The lowest BCUT2D eigenvalue weighted by Crippen LogP contribution is -2.14. The van der Waals surface area contributed by atoms with E-state index in [0.29, 0.717) is 5.13 Å². The molecule has 0 aliphatic heterocycles. The van der Waals surface area contributed by atoms with E-state index in [1.165, 1.54) is 23.5 Å². The second-order valence-corrected chi connectivity index (χ2v) is 4.34. The average molecular weight is 251 g/mol. The molecule has 0 saturated heterocycles. The molecule has 0 radical (unpaired) electrons. The maximum absolute atomic E-state index is 13.0. The maximum atomic E-state index is 13.0. The summed E-state index contributed by atoms with van der Waals surface area (Å²) in [5.41, 5.74) is 6.76. The number of anilines is 2. The molecule has 0 aliphatic rings.